The van der Waals surface area contributed by atoms with Crippen LogP contribution in [0.4, 0.5) is 10.5 Å². The van der Waals surface area contributed by atoms with Crippen LogP contribution in [0.5, 0.6) is 0 Å². The smallest absolute Gasteiger partial charge is 0.414 e. The molecule has 0 heterocycles. The van der Waals surface area contributed by atoms with Crippen LogP contribution >= 0.6 is 15.9 Å². The lowest BCUT2D eigenvalue weighted by molar-refractivity contribution is 0.0580. The van der Waals surface area contributed by atoms with Crippen molar-refractivity contribution in [1.82, 2.24) is 0 Å². The number of anilines is 1. The van der Waals surface area contributed by atoms with Gasteiger partial charge in [-0.25, -0.2) is 4.79 Å². The molecule has 0 fully saturated rings. The van der Waals surface area contributed by atoms with Crippen molar-refractivity contribution in [2.75, 3.05) is 18.0 Å². The second kappa shape index (κ2) is 6.91. The third kappa shape index (κ3) is 5.61. The predicted octanol–water partition coefficient (Wildman–Crippen LogP) is 3.54. The SMILES string of the molecule is CC(C)(C)OC(=O)N(CCCN)c1ccc(Br)cc1. The third-order valence-electron chi connectivity index (χ3n) is 2.34. The summed E-state index contributed by atoms with van der Waals surface area (Å²) in [5.41, 5.74) is 5.82. The van der Waals surface area contributed by atoms with Crippen molar-refractivity contribution in [3.8, 4) is 0 Å². The molecule has 0 aromatic heterocycles. The van der Waals surface area contributed by atoms with Crippen LogP contribution < -0.4 is 10.6 Å². The molecule has 1 aromatic carbocycles. The lowest BCUT2D eigenvalue weighted by Crippen LogP contribution is -2.38. The maximum Gasteiger partial charge on any atom is 0.414 e. The number of carbonyl (C=O) groups excluding carboxylic acids is 1. The quantitative estimate of drug-likeness (QED) is 0.919. The summed E-state index contributed by atoms with van der Waals surface area (Å²) in [5.74, 6) is 0. The normalized spacial score (nSPS) is 11.2. The van der Waals surface area contributed by atoms with Crippen LogP contribution in [0.25, 0.3) is 0 Å². The highest BCUT2D eigenvalue weighted by Crippen LogP contribution is 2.21. The highest BCUT2D eigenvalue weighted by molar-refractivity contribution is 9.10. The fourth-order valence-corrected chi connectivity index (χ4v) is 1.78. The molecule has 0 saturated carbocycles. The average Bonchev–Trinajstić information content (AvgIpc) is 2.29. The van der Waals surface area contributed by atoms with E-state index in [1.807, 2.05) is 45.0 Å². The molecule has 5 heteroatoms. The molecule has 0 atom stereocenters. The molecule has 0 radical (unpaired) electrons. The minimum absolute atomic E-state index is 0.344. The Balaban J connectivity index is 2.87. The van der Waals surface area contributed by atoms with Crippen molar-refractivity contribution in [2.24, 2.45) is 5.73 Å². The number of ether oxygens (including phenoxy) is 1. The summed E-state index contributed by atoms with van der Waals surface area (Å²) in [5, 5.41) is 0. The number of benzene rings is 1. The molecule has 1 rings (SSSR count). The topological polar surface area (TPSA) is 55.6 Å². The van der Waals surface area contributed by atoms with Crippen LogP contribution in [-0.4, -0.2) is 24.8 Å². The Labute approximate surface area is 123 Å². The number of hydrogen-bond donors (Lipinski definition) is 1. The van der Waals surface area contributed by atoms with E-state index in [2.05, 4.69) is 15.9 Å². The van der Waals surface area contributed by atoms with Crippen molar-refractivity contribution in [3.63, 3.8) is 0 Å². The van der Waals surface area contributed by atoms with E-state index in [0.717, 1.165) is 16.6 Å². The summed E-state index contributed by atoms with van der Waals surface area (Å²) in [6.07, 6.45) is 0.387. The summed E-state index contributed by atoms with van der Waals surface area (Å²) in [6, 6.07) is 7.55. The van der Waals surface area contributed by atoms with Gasteiger partial charge in [0, 0.05) is 16.7 Å². The maximum atomic E-state index is 12.2. The van der Waals surface area contributed by atoms with Gasteiger partial charge in [0.25, 0.3) is 0 Å². The summed E-state index contributed by atoms with van der Waals surface area (Å²) < 4.78 is 6.39. The summed E-state index contributed by atoms with van der Waals surface area (Å²) in [4.78, 5) is 13.8. The first-order chi connectivity index (χ1) is 8.83. The minimum Gasteiger partial charge on any atom is -0.443 e. The van der Waals surface area contributed by atoms with Gasteiger partial charge in [-0.05, 0) is 58.0 Å². The number of hydrogen-bond acceptors (Lipinski definition) is 3. The summed E-state index contributed by atoms with van der Waals surface area (Å²) >= 11 is 3.38. The minimum atomic E-state index is -0.507. The van der Waals surface area contributed by atoms with Crippen LogP contribution in [0, 0.1) is 0 Å². The van der Waals surface area contributed by atoms with Crippen molar-refractivity contribution in [2.45, 2.75) is 32.8 Å². The molecular formula is C14H21BrN2O2. The van der Waals surface area contributed by atoms with Crippen LogP contribution in [-0.2, 0) is 4.74 Å². The van der Waals surface area contributed by atoms with E-state index in [9.17, 15) is 4.79 Å². The van der Waals surface area contributed by atoms with E-state index >= 15 is 0 Å². The van der Waals surface area contributed by atoms with Crippen LogP contribution in [0.3, 0.4) is 0 Å². The molecule has 0 saturated heterocycles. The van der Waals surface area contributed by atoms with E-state index < -0.39 is 5.60 Å². The molecule has 19 heavy (non-hydrogen) atoms. The molecule has 0 unspecified atom stereocenters. The Bertz CT molecular complexity index is 412. The van der Waals surface area contributed by atoms with E-state index in [4.69, 9.17) is 10.5 Å². The number of halogens is 1. The number of carbonyl (C=O) groups is 1. The van der Waals surface area contributed by atoms with Gasteiger partial charge in [-0.1, -0.05) is 15.9 Å². The molecule has 4 nitrogen and oxygen atoms in total. The lowest BCUT2D eigenvalue weighted by Gasteiger charge is -2.27. The van der Waals surface area contributed by atoms with E-state index in [0.29, 0.717) is 13.1 Å². The van der Waals surface area contributed by atoms with Crippen molar-refractivity contribution < 1.29 is 9.53 Å². The van der Waals surface area contributed by atoms with Crippen LogP contribution in [0.15, 0.2) is 28.7 Å². The Morgan fingerprint density at radius 1 is 1.32 bits per heavy atom. The van der Waals surface area contributed by atoms with Crippen LogP contribution in [0.2, 0.25) is 0 Å². The van der Waals surface area contributed by atoms with Crippen molar-refractivity contribution >= 4 is 27.7 Å². The van der Waals surface area contributed by atoms with Gasteiger partial charge in [-0.15, -0.1) is 0 Å². The third-order valence-corrected chi connectivity index (χ3v) is 2.87. The van der Waals surface area contributed by atoms with Gasteiger partial charge in [0.15, 0.2) is 0 Å². The number of nitrogens with two attached hydrogens (primary N) is 1. The molecular weight excluding hydrogens is 308 g/mol. The van der Waals surface area contributed by atoms with Gasteiger partial charge in [0.05, 0.1) is 0 Å². The Morgan fingerprint density at radius 3 is 2.37 bits per heavy atom. The molecule has 0 aliphatic carbocycles. The molecule has 2 N–H and O–H groups in total. The van der Waals surface area contributed by atoms with Gasteiger partial charge in [-0.3, -0.25) is 4.90 Å². The zero-order chi connectivity index (χ0) is 14.5. The first kappa shape index (κ1) is 16.0. The molecule has 0 aliphatic rings. The molecule has 106 valence electrons. The first-order valence-corrected chi connectivity index (χ1v) is 7.09. The van der Waals surface area contributed by atoms with Gasteiger partial charge >= 0.3 is 6.09 Å². The Morgan fingerprint density at radius 2 is 1.89 bits per heavy atom. The number of amides is 1. The van der Waals surface area contributed by atoms with Crippen molar-refractivity contribution in [1.29, 1.82) is 0 Å². The zero-order valence-corrected chi connectivity index (χ0v) is 13.2. The molecule has 1 amide bonds. The van der Waals surface area contributed by atoms with Gasteiger partial charge in [0.1, 0.15) is 5.60 Å². The molecule has 0 aliphatic heterocycles. The number of rotatable bonds is 4. The fourth-order valence-electron chi connectivity index (χ4n) is 1.51. The second-order valence-electron chi connectivity index (χ2n) is 5.25. The van der Waals surface area contributed by atoms with E-state index in [-0.39, 0.29) is 6.09 Å². The molecule has 0 spiro atoms. The molecule has 1 aromatic rings. The largest absolute Gasteiger partial charge is 0.443 e. The van der Waals surface area contributed by atoms with Gasteiger partial charge < -0.3 is 10.5 Å². The highest BCUT2D eigenvalue weighted by atomic mass is 79.9. The van der Waals surface area contributed by atoms with Gasteiger partial charge in [0.2, 0.25) is 0 Å². The first-order valence-electron chi connectivity index (χ1n) is 6.29. The Kier molecular flexibility index (Phi) is 5.82. The van der Waals surface area contributed by atoms with Crippen molar-refractivity contribution in [3.05, 3.63) is 28.7 Å². The zero-order valence-electron chi connectivity index (χ0n) is 11.6. The molecule has 0 bridgehead atoms. The monoisotopic (exact) mass is 328 g/mol. The average molecular weight is 329 g/mol. The number of nitrogens with zero attached hydrogens (tertiary/aromatic N) is 1. The van der Waals surface area contributed by atoms with E-state index in [1.165, 1.54) is 0 Å². The van der Waals surface area contributed by atoms with E-state index in [1.54, 1.807) is 4.90 Å². The summed E-state index contributed by atoms with van der Waals surface area (Å²) in [7, 11) is 0. The fraction of sp³-hybridized carbons (Fsp3) is 0.500. The maximum absolute atomic E-state index is 12.2. The van der Waals surface area contributed by atoms with Crippen LogP contribution in [0.1, 0.15) is 27.2 Å². The highest BCUT2D eigenvalue weighted by Gasteiger charge is 2.22. The lowest BCUT2D eigenvalue weighted by atomic mass is 10.2. The predicted molar refractivity (Wildman–Crippen MR) is 81.4 cm³/mol. The van der Waals surface area contributed by atoms with Gasteiger partial charge in [-0.2, -0.15) is 0 Å². The summed E-state index contributed by atoms with van der Waals surface area (Å²) in [6.45, 7) is 6.65. The standard InChI is InChI=1S/C14H21BrN2O2/c1-14(2,3)19-13(18)17(10-4-9-16)12-7-5-11(15)6-8-12/h5-8H,4,9-10,16H2,1-3H3. The second-order valence-corrected chi connectivity index (χ2v) is 6.17. The Hall–Kier alpha value is -1.07.